The molecule has 1 aromatic rings. The highest BCUT2D eigenvalue weighted by molar-refractivity contribution is 5.94. The quantitative estimate of drug-likeness (QED) is 0.798. The first-order valence-electron chi connectivity index (χ1n) is 5.59. The monoisotopic (exact) mass is 221 g/mol. The highest BCUT2D eigenvalue weighted by Crippen LogP contribution is 2.04. The van der Waals surface area contributed by atoms with Crippen molar-refractivity contribution in [3.8, 4) is 0 Å². The fourth-order valence-electron chi connectivity index (χ4n) is 1.19. The van der Waals surface area contributed by atoms with Crippen molar-refractivity contribution < 1.29 is 4.79 Å². The molecule has 1 rings (SSSR count). The first kappa shape index (κ1) is 12.5. The van der Waals surface area contributed by atoms with Gasteiger partial charge < -0.3 is 10.6 Å². The van der Waals surface area contributed by atoms with Crippen LogP contribution in [0, 0.1) is 5.92 Å². The van der Waals surface area contributed by atoms with Crippen molar-refractivity contribution >= 4 is 11.7 Å². The molecule has 88 valence electrons. The lowest BCUT2D eigenvalue weighted by Gasteiger charge is -2.10. The summed E-state index contributed by atoms with van der Waals surface area (Å²) in [6.45, 7) is 4.94. The Hall–Kier alpha value is -1.58. The molecule has 1 aromatic heterocycles. The summed E-state index contributed by atoms with van der Waals surface area (Å²) in [5.41, 5.74) is 0.599. The topological polar surface area (TPSA) is 54.0 Å². The van der Waals surface area contributed by atoms with E-state index in [2.05, 4.69) is 29.5 Å². The van der Waals surface area contributed by atoms with Crippen LogP contribution in [0.2, 0.25) is 0 Å². The molecule has 0 aliphatic heterocycles. The second kappa shape index (κ2) is 6.10. The fraction of sp³-hybridized carbons (Fsp3) is 0.500. The van der Waals surface area contributed by atoms with Crippen LogP contribution in [0.15, 0.2) is 18.3 Å². The number of pyridine rings is 1. The van der Waals surface area contributed by atoms with Gasteiger partial charge in [-0.15, -0.1) is 0 Å². The van der Waals surface area contributed by atoms with E-state index in [1.807, 2.05) is 0 Å². The van der Waals surface area contributed by atoms with Crippen LogP contribution in [0.3, 0.4) is 0 Å². The Balaban J connectivity index is 2.52. The van der Waals surface area contributed by atoms with Crippen LogP contribution in [0.4, 0.5) is 5.82 Å². The van der Waals surface area contributed by atoms with Crippen LogP contribution >= 0.6 is 0 Å². The molecule has 0 saturated carbocycles. The van der Waals surface area contributed by atoms with Crippen molar-refractivity contribution in [2.75, 3.05) is 18.9 Å². The van der Waals surface area contributed by atoms with E-state index in [1.165, 1.54) is 0 Å². The van der Waals surface area contributed by atoms with Gasteiger partial charge in [0.25, 0.3) is 5.91 Å². The van der Waals surface area contributed by atoms with Crippen molar-refractivity contribution in [2.45, 2.75) is 20.3 Å². The van der Waals surface area contributed by atoms with Gasteiger partial charge in [0.2, 0.25) is 0 Å². The second-order valence-electron chi connectivity index (χ2n) is 3.91. The smallest absolute Gasteiger partial charge is 0.252 e. The Morgan fingerprint density at radius 3 is 2.75 bits per heavy atom. The van der Waals surface area contributed by atoms with E-state index in [4.69, 9.17) is 0 Å². The lowest BCUT2D eigenvalue weighted by atomic mass is 10.1. The van der Waals surface area contributed by atoms with E-state index in [0.717, 1.165) is 12.2 Å². The lowest BCUT2D eigenvalue weighted by Crippen LogP contribution is -2.28. The van der Waals surface area contributed by atoms with Crippen LogP contribution < -0.4 is 10.6 Å². The first-order valence-corrected chi connectivity index (χ1v) is 5.59. The molecule has 0 aliphatic rings. The second-order valence-corrected chi connectivity index (χ2v) is 3.91. The third kappa shape index (κ3) is 3.53. The van der Waals surface area contributed by atoms with Gasteiger partial charge in [-0.1, -0.05) is 20.3 Å². The van der Waals surface area contributed by atoms with Gasteiger partial charge in [-0.05, 0) is 18.1 Å². The van der Waals surface area contributed by atoms with Gasteiger partial charge in [-0.3, -0.25) is 4.79 Å². The lowest BCUT2D eigenvalue weighted by molar-refractivity contribution is 0.0947. The number of carbonyl (C=O) groups excluding carboxylic acids is 1. The molecule has 0 spiro atoms. The number of nitrogens with one attached hydrogen (secondary N) is 2. The maximum absolute atomic E-state index is 11.7. The largest absolute Gasteiger partial charge is 0.373 e. The minimum atomic E-state index is -0.0598. The minimum Gasteiger partial charge on any atom is -0.373 e. The average Bonchev–Trinajstić information content (AvgIpc) is 2.35. The van der Waals surface area contributed by atoms with E-state index in [0.29, 0.717) is 18.0 Å². The molecular formula is C12H19N3O. The Bertz CT molecular complexity index is 335. The summed E-state index contributed by atoms with van der Waals surface area (Å²) in [6, 6.07) is 3.56. The molecule has 0 aromatic carbocycles. The van der Waals surface area contributed by atoms with Crippen molar-refractivity contribution in [1.29, 1.82) is 0 Å². The molecule has 16 heavy (non-hydrogen) atoms. The zero-order valence-electron chi connectivity index (χ0n) is 10.1. The van der Waals surface area contributed by atoms with Crippen LogP contribution in [0.5, 0.6) is 0 Å². The average molecular weight is 221 g/mol. The standard InChI is InChI=1S/C12H19N3O/c1-4-9(2)7-15-12(16)10-5-6-11(13-3)14-8-10/h5-6,8-9H,4,7H2,1-3H3,(H,13,14)(H,15,16). The van der Waals surface area contributed by atoms with Gasteiger partial charge in [-0.2, -0.15) is 0 Å². The normalized spacial score (nSPS) is 11.9. The number of amides is 1. The predicted molar refractivity (Wildman–Crippen MR) is 65.6 cm³/mol. The number of hydrogen-bond donors (Lipinski definition) is 2. The predicted octanol–water partition coefficient (Wildman–Crippen LogP) is 1.90. The van der Waals surface area contributed by atoms with Crippen LogP contribution in [-0.4, -0.2) is 24.5 Å². The molecule has 0 saturated heterocycles. The van der Waals surface area contributed by atoms with E-state index in [1.54, 1.807) is 25.4 Å². The van der Waals surface area contributed by atoms with Crippen LogP contribution in [-0.2, 0) is 0 Å². The molecule has 4 heteroatoms. The van der Waals surface area contributed by atoms with Gasteiger partial charge >= 0.3 is 0 Å². The number of carbonyl (C=O) groups is 1. The van der Waals surface area contributed by atoms with Gasteiger partial charge in [0.1, 0.15) is 5.82 Å². The molecule has 0 radical (unpaired) electrons. The molecule has 0 aliphatic carbocycles. The highest BCUT2D eigenvalue weighted by Gasteiger charge is 2.06. The van der Waals surface area contributed by atoms with Crippen LogP contribution in [0.1, 0.15) is 30.6 Å². The molecule has 0 fully saturated rings. The Morgan fingerprint density at radius 2 is 2.25 bits per heavy atom. The molecule has 1 atom stereocenters. The summed E-state index contributed by atoms with van der Waals surface area (Å²) in [6.07, 6.45) is 2.65. The van der Waals surface area contributed by atoms with Crippen molar-refractivity contribution in [3.63, 3.8) is 0 Å². The molecule has 1 unspecified atom stereocenters. The highest BCUT2D eigenvalue weighted by atomic mass is 16.1. The van der Waals surface area contributed by atoms with Gasteiger partial charge in [0.05, 0.1) is 5.56 Å². The summed E-state index contributed by atoms with van der Waals surface area (Å²) in [5, 5.41) is 5.80. The van der Waals surface area contributed by atoms with Crippen molar-refractivity contribution in [3.05, 3.63) is 23.9 Å². The van der Waals surface area contributed by atoms with Gasteiger partial charge in [0.15, 0.2) is 0 Å². The summed E-state index contributed by atoms with van der Waals surface area (Å²) in [5.74, 6) is 1.21. The fourth-order valence-corrected chi connectivity index (χ4v) is 1.19. The van der Waals surface area contributed by atoms with Crippen molar-refractivity contribution in [2.24, 2.45) is 5.92 Å². The summed E-state index contributed by atoms with van der Waals surface area (Å²) in [4.78, 5) is 15.8. The molecule has 2 N–H and O–H groups in total. The van der Waals surface area contributed by atoms with Gasteiger partial charge in [-0.25, -0.2) is 4.98 Å². The summed E-state index contributed by atoms with van der Waals surface area (Å²) >= 11 is 0. The number of rotatable bonds is 5. The van der Waals surface area contributed by atoms with Gasteiger partial charge in [0, 0.05) is 19.8 Å². The first-order chi connectivity index (χ1) is 7.67. The molecule has 0 bridgehead atoms. The number of anilines is 1. The molecule has 1 heterocycles. The van der Waals surface area contributed by atoms with Crippen LogP contribution in [0.25, 0.3) is 0 Å². The SMILES string of the molecule is CCC(C)CNC(=O)c1ccc(NC)nc1. The molecule has 1 amide bonds. The zero-order chi connectivity index (χ0) is 12.0. The number of aromatic nitrogens is 1. The van der Waals surface area contributed by atoms with E-state index in [9.17, 15) is 4.79 Å². The molecule has 4 nitrogen and oxygen atoms in total. The Kier molecular flexibility index (Phi) is 4.76. The van der Waals surface area contributed by atoms with Crippen molar-refractivity contribution in [1.82, 2.24) is 10.3 Å². The summed E-state index contributed by atoms with van der Waals surface area (Å²) in [7, 11) is 1.80. The Labute approximate surface area is 96.5 Å². The number of nitrogens with zero attached hydrogens (tertiary/aromatic N) is 1. The third-order valence-electron chi connectivity index (χ3n) is 2.59. The van der Waals surface area contributed by atoms with E-state index >= 15 is 0 Å². The Morgan fingerprint density at radius 1 is 1.50 bits per heavy atom. The zero-order valence-corrected chi connectivity index (χ0v) is 10.1. The molecular weight excluding hydrogens is 202 g/mol. The maximum atomic E-state index is 11.7. The summed E-state index contributed by atoms with van der Waals surface area (Å²) < 4.78 is 0. The maximum Gasteiger partial charge on any atom is 0.252 e. The number of hydrogen-bond acceptors (Lipinski definition) is 3. The third-order valence-corrected chi connectivity index (χ3v) is 2.59. The van der Waals surface area contributed by atoms with E-state index < -0.39 is 0 Å². The minimum absolute atomic E-state index is 0.0598. The van der Waals surface area contributed by atoms with E-state index in [-0.39, 0.29) is 5.91 Å².